The first-order chi connectivity index (χ1) is 10.1. The van der Waals surface area contributed by atoms with Gasteiger partial charge in [0.05, 0.1) is 22.6 Å². The lowest BCUT2D eigenvalue weighted by molar-refractivity contribution is 0.0938. The molecule has 1 unspecified atom stereocenters. The summed E-state index contributed by atoms with van der Waals surface area (Å²) in [6.07, 6.45) is 1.39. The third-order valence-corrected chi connectivity index (χ3v) is 3.21. The molecule has 0 aliphatic rings. The van der Waals surface area contributed by atoms with E-state index in [0.29, 0.717) is 11.4 Å². The van der Waals surface area contributed by atoms with Crippen molar-refractivity contribution in [3.8, 4) is 0 Å². The summed E-state index contributed by atoms with van der Waals surface area (Å²) in [6, 6.07) is 10.2. The first kappa shape index (κ1) is 13.1. The molecule has 2 aromatic heterocycles. The first-order valence-electron chi connectivity index (χ1n) is 6.58. The molecule has 0 spiro atoms. The summed E-state index contributed by atoms with van der Waals surface area (Å²) >= 11 is 0. The van der Waals surface area contributed by atoms with Crippen molar-refractivity contribution >= 4 is 16.9 Å². The fourth-order valence-electron chi connectivity index (χ4n) is 2.08. The average Bonchev–Trinajstić information content (AvgIpc) is 2.92. The van der Waals surface area contributed by atoms with Crippen LogP contribution < -0.4 is 10.9 Å². The molecule has 21 heavy (non-hydrogen) atoms. The monoisotopic (exact) mass is 282 g/mol. The van der Waals surface area contributed by atoms with E-state index in [1.54, 1.807) is 0 Å². The average molecular weight is 282 g/mol. The molecule has 1 atom stereocenters. The third kappa shape index (κ3) is 2.69. The van der Waals surface area contributed by atoms with E-state index in [9.17, 15) is 9.59 Å². The lowest BCUT2D eigenvalue weighted by atomic mass is 10.2. The second-order valence-corrected chi connectivity index (χ2v) is 4.78. The molecule has 3 N–H and O–H groups in total. The number of fused-ring (bicyclic) bond motifs is 1. The van der Waals surface area contributed by atoms with Crippen LogP contribution in [0.4, 0.5) is 0 Å². The molecule has 3 rings (SSSR count). The number of benzene rings is 1. The van der Waals surface area contributed by atoms with Crippen molar-refractivity contribution < 1.29 is 4.79 Å². The molecule has 0 radical (unpaired) electrons. The van der Waals surface area contributed by atoms with Gasteiger partial charge in [0, 0.05) is 12.3 Å². The van der Waals surface area contributed by atoms with Gasteiger partial charge >= 0.3 is 0 Å². The molecule has 6 nitrogen and oxygen atoms in total. The van der Waals surface area contributed by atoms with Crippen LogP contribution in [0.5, 0.6) is 0 Å². The van der Waals surface area contributed by atoms with Crippen LogP contribution in [-0.2, 0) is 0 Å². The standard InChI is InChI=1S/C15H14N4O2/c1-9(14-18-11-4-2-3-5-12(11)19-14)17-15(21)10-6-7-13(20)16-8-10/h2-9H,1H3,(H,16,20)(H,17,21)(H,18,19). The first-order valence-corrected chi connectivity index (χ1v) is 6.58. The highest BCUT2D eigenvalue weighted by molar-refractivity contribution is 5.94. The van der Waals surface area contributed by atoms with Crippen molar-refractivity contribution in [3.05, 3.63) is 64.3 Å². The number of pyridine rings is 1. The minimum atomic E-state index is -0.267. The van der Waals surface area contributed by atoms with Crippen molar-refractivity contribution in [2.75, 3.05) is 0 Å². The summed E-state index contributed by atoms with van der Waals surface area (Å²) in [5.41, 5.74) is 1.95. The Morgan fingerprint density at radius 1 is 1.24 bits per heavy atom. The van der Waals surface area contributed by atoms with Gasteiger partial charge in [0.1, 0.15) is 5.82 Å². The molecule has 1 aromatic carbocycles. The second-order valence-electron chi connectivity index (χ2n) is 4.78. The van der Waals surface area contributed by atoms with Crippen molar-refractivity contribution in [2.24, 2.45) is 0 Å². The SMILES string of the molecule is CC(NC(=O)c1ccc(=O)[nH]c1)c1nc2ccccc2[nH]1. The summed E-state index contributed by atoms with van der Waals surface area (Å²) < 4.78 is 0. The minimum absolute atomic E-state index is 0.239. The second kappa shape index (κ2) is 5.24. The van der Waals surface area contributed by atoms with Crippen LogP contribution in [-0.4, -0.2) is 20.9 Å². The number of para-hydroxylation sites is 2. The Bertz CT molecular complexity index is 797. The van der Waals surface area contributed by atoms with Gasteiger partial charge in [0.15, 0.2) is 0 Å². The molecule has 0 fully saturated rings. The molecule has 3 aromatic rings. The zero-order chi connectivity index (χ0) is 14.8. The number of hydrogen-bond acceptors (Lipinski definition) is 3. The smallest absolute Gasteiger partial charge is 0.253 e. The Morgan fingerprint density at radius 2 is 2.05 bits per heavy atom. The molecule has 1 amide bonds. The van der Waals surface area contributed by atoms with Gasteiger partial charge in [0.25, 0.3) is 5.91 Å². The van der Waals surface area contributed by atoms with Crippen LogP contribution >= 0.6 is 0 Å². The lowest BCUT2D eigenvalue weighted by Gasteiger charge is -2.11. The number of nitrogens with zero attached hydrogens (tertiary/aromatic N) is 1. The molecule has 0 bridgehead atoms. The number of imidazole rings is 1. The summed E-state index contributed by atoms with van der Waals surface area (Å²) in [4.78, 5) is 33.2. The molecule has 6 heteroatoms. The van der Waals surface area contributed by atoms with Gasteiger partial charge in [-0.15, -0.1) is 0 Å². The van der Waals surface area contributed by atoms with Gasteiger partial charge < -0.3 is 15.3 Å². The molecule has 0 saturated carbocycles. The Balaban J connectivity index is 1.79. The van der Waals surface area contributed by atoms with E-state index in [0.717, 1.165) is 11.0 Å². The zero-order valence-electron chi connectivity index (χ0n) is 11.4. The van der Waals surface area contributed by atoms with E-state index in [1.165, 1.54) is 18.3 Å². The van der Waals surface area contributed by atoms with Crippen molar-refractivity contribution in [1.29, 1.82) is 0 Å². The van der Waals surface area contributed by atoms with Gasteiger partial charge in [-0.05, 0) is 25.1 Å². The lowest BCUT2D eigenvalue weighted by Crippen LogP contribution is -2.27. The Morgan fingerprint density at radius 3 is 2.76 bits per heavy atom. The van der Waals surface area contributed by atoms with E-state index in [2.05, 4.69) is 20.3 Å². The van der Waals surface area contributed by atoms with Crippen molar-refractivity contribution in [2.45, 2.75) is 13.0 Å². The fourth-order valence-corrected chi connectivity index (χ4v) is 2.08. The number of nitrogens with one attached hydrogen (secondary N) is 3. The van der Waals surface area contributed by atoms with Crippen molar-refractivity contribution in [1.82, 2.24) is 20.3 Å². The predicted molar refractivity (Wildman–Crippen MR) is 79.0 cm³/mol. The molecule has 2 heterocycles. The van der Waals surface area contributed by atoms with Gasteiger partial charge in [-0.2, -0.15) is 0 Å². The fraction of sp³-hybridized carbons (Fsp3) is 0.133. The normalized spacial score (nSPS) is 12.2. The quantitative estimate of drug-likeness (QED) is 0.683. The number of hydrogen-bond donors (Lipinski definition) is 3. The third-order valence-electron chi connectivity index (χ3n) is 3.21. The van der Waals surface area contributed by atoms with Crippen LogP contribution in [0.3, 0.4) is 0 Å². The summed E-state index contributed by atoms with van der Waals surface area (Å²) in [7, 11) is 0. The molecule has 0 aliphatic carbocycles. The van der Waals surface area contributed by atoms with Gasteiger partial charge in [0.2, 0.25) is 5.56 Å². The number of carbonyl (C=O) groups is 1. The Hall–Kier alpha value is -2.89. The number of aromatic amines is 2. The van der Waals surface area contributed by atoms with Gasteiger partial charge in [-0.25, -0.2) is 4.98 Å². The number of amides is 1. The molecular weight excluding hydrogens is 268 g/mol. The largest absolute Gasteiger partial charge is 0.342 e. The van der Waals surface area contributed by atoms with Crippen molar-refractivity contribution in [3.63, 3.8) is 0 Å². The van der Waals surface area contributed by atoms with E-state index in [1.807, 2.05) is 31.2 Å². The van der Waals surface area contributed by atoms with Crippen LogP contribution in [0, 0.1) is 0 Å². The van der Waals surface area contributed by atoms with E-state index >= 15 is 0 Å². The Labute approximate surface area is 120 Å². The highest BCUT2D eigenvalue weighted by Gasteiger charge is 2.14. The minimum Gasteiger partial charge on any atom is -0.342 e. The number of aromatic nitrogens is 3. The maximum atomic E-state index is 12.1. The van der Waals surface area contributed by atoms with Crippen LogP contribution in [0.15, 0.2) is 47.4 Å². The topological polar surface area (TPSA) is 90.6 Å². The zero-order valence-corrected chi connectivity index (χ0v) is 11.4. The van der Waals surface area contributed by atoms with Crippen LogP contribution in [0.25, 0.3) is 11.0 Å². The van der Waals surface area contributed by atoms with E-state index in [-0.39, 0.29) is 17.5 Å². The van der Waals surface area contributed by atoms with Crippen LogP contribution in [0.2, 0.25) is 0 Å². The summed E-state index contributed by atoms with van der Waals surface area (Å²) in [6.45, 7) is 1.85. The van der Waals surface area contributed by atoms with E-state index in [4.69, 9.17) is 0 Å². The summed E-state index contributed by atoms with van der Waals surface area (Å²) in [5, 5.41) is 2.84. The number of rotatable bonds is 3. The molecular formula is C15H14N4O2. The number of H-pyrrole nitrogens is 2. The van der Waals surface area contributed by atoms with Gasteiger partial charge in [-0.1, -0.05) is 12.1 Å². The highest BCUT2D eigenvalue weighted by Crippen LogP contribution is 2.15. The maximum absolute atomic E-state index is 12.1. The molecule has 0 saturated heterocycles. The highest BCUT2D eigenvalue weighted by atomic mass is 16.2. The summed E-state index contributed by atoms with van der Waals surface area (Å²) in [5.74, 6) is 0.424. The number of carbonyl (C=O) groups excluding carboxylic acids is 1. The maximum Gasteiger partial charge on any atom is 0.253 e. The predicted octanol–water partition coefficient (Wildman–Crippen LogP) is 1.74. The Kier molecular flexibility index (Phi) is 3.27. The van der Waals surface area contributed by atoms with Crippen LogP contribution in [0.1, 0.15) is 29.1 Å². The molecule has 0 aliphatic heterocycles. The molecule has 106 valence electrons. The van der Waals surface area contributed by atoms with E-state index < -0.39 is 0 Å². The van der Waals surface area contributed by atoms with Gasteiger partial charge in [-0.3, -0.25) is 9.59 Å².